The van der Waals surface area contributed by atoms with Crippen LogP contribution < -0.4 is 0 Å². The summed E-state index contributed by atoms with van der Waals surface area (Å²) in [5, 5.41) is 19.0. The average molecular weight is 308 g/mol. The molecule has 5 heteroatoms. The van der Waals surface area contributed by atoms with E-state index in [1.54, 1.807) is 47.9 Å². The van der Waals surface area contributed by atoms with Gasteiger partial charge < -0.3 is 9.67 Å². The van der Waals surface area contributed by atoms with Gasteiger partial charge in [-0.05, 0) is 36.8 Å². The zero-order valence-electron chi connectivity index (χ0n) is 12.4. The number of nitriles is 1. The van der Waals surface area contributed by atoms with Crippen molar-refractivity contribution in [1.29, 1.82) is 5.26 Å². The van der Waals surface area contributed by atoms with Gasteiger partial charge in [0.25, 0.3) is 0 Å². The summed E-state index contributed by atoms with van der Waals surface area (Å²) < 4.78 is 15.8. The molecule has 0 bridgehead atoms. The molecule has 0 atom stereocenters. The van der Waals surface area contributed by atoms with Crippen molar-refractivity contribution >= 4 is 16.9 Å². The van der Waals surface area contributed by atoms with Gasteiger partial charge in [0.05, 0.1) is 18.2 Å². The minimum Gasteiger partial charge on any atom is -0.477 e. The highest BCUT2D eigenvalue weighted by Crippen LogP contribution is 2.24. The molecule has 3 rings (SSSR count). The maximum atomic E-state index is 14.2. The Labute approximate surface area is 132 Å². The van der Waals surface area contributed by atoms with Crippen molar-refractivity contribution in [2.24, 2.45) is 0 Å². The third-order valence-electron chi connectivity index (χ3n) is 3.85. The third-order valence-corrected chi connectivity index (χ3v) is 3.85. The molecule has 4 nitrogen and oxygen atoms in total. The number of aromatic nitrogens is 1. The van der Waals surface area contributed by atoms with Gasteiger partial charge >= 0.3 is 5.97 Å². The molecule has 1 aromatic heterocycles. The number of aromatic carboxylic acids is 1. The monoisotopic (exact) mass is 308 g/mol. The second-order valence-electron chi connectivity index (χ2n) is 5.35. The molecule has 0 amide bonds. The van der Waals surface area contributed by atoms with Gasteiger partial charge in [0, 0.05) is 16.5 Å². The predicted octanol–water partition coefficient (Wildman–Crippen LogP) is 3.71. The lowest BCUT2D eigenvalue weighted by molar-refractivity contribution is 0.0686. The summed E-state index contributed by atoms with van der Waals surface area (Å²) in [5.74, 6) is -1.42. The molecule has 3 aromatic rings. The number of halogens is 1. The number of fused-ring (bicyclic) bond motifs is 1. The highest BCUT2D eigenvalue weighted by atomic mass is 19.1. The molecule has 0 saturated carbocycles. The van der Waals surface area contributed by atoms with Crippen molar-refractivity contribution in [3.05, 3.63) is 70.7 Å². The van der Waals surface area contributed by atoms with Crippen molar-refractivity contribution in [3.8, 4) is 6.07 Å². The Kier molecular flexibility index (Phi) is 3.59. The van der Waals surface area contributed by atoms with Gasteiger partial charge in [-0.25, -0.2) is 9.18 Å². The van der Waals surface area contributed by atoms with Crippen molar-refractivity contribution in [1.82, 2.24) is 4.57 Å². The first kappa shape index (κ1) is 14.8. The van der Waals surface area contributed by atoms with E-state index < -0.39 is 5.97 Å². The maximum Gasteiger partial charge on any atom is 0.352 e. The molecule has 2 aromatic carbocycles. The van der Waals surface area contributed by atoms with E-state index in [9.17, 15) is 14.3 Å². The smallest absolute Gasteiger partial charge is 0.352 e. The van der Waals surface area contributed by atoms with E-state index in [2.05, 4.69) is 0 Å². The summed E-state index contributed by atoms with van der Waals surface area (Å²) in [6.45, 7) is 1.79. The largest absolute Gasteiger partial charge is 0.477 e. The lowest BCUT2D eigenvalue weighted by Crippen LogP contribution is -2.10. The van der Waals surface area contributed by atoms with Gasteiger partial charge in [-0.3, -0.25) is 0 Å². The number of hydrogen-bond donors (Lipinski definition) is 1. The average Bonchev–Trinajstić information content (AvgIpc) is 2.89. The fourth-order valence-electron chi connectivity index (χ4n) is 2.69. The highest BCUT2D eigenvalue weighted by Gasteiger charge is 2.17. The molecule has 23 heavy (non-hydrogen) atoms. The molecule has 0 aliphatic heterocycles. The Morgan fingerprint density at radius 2 is 2.09 bits per heavy atom. The normalized spacial score (nSPS) is 10.7. The van der Waals surface area contributed by atoms with Gasteiger partial charge in [0.15, 0.2) is 0 Å². The molecule has 0 aliphatic carbocycles. The second kappa shape index (κ2) is 5.58. The zero-order chi connectivity index (χ0) is 16.6. The number of hydrogen-bond acceptors (Lipinski definition) is 2. The van der Waals surface area contributed by atoms with Gasteiger partial charge in [0.1, 0.15) is 11.5 Å². The van der Waals surface area contributed by atoms with E-state index in [-0.39, 0.29) is 18.1 Å². The van der Waals surface area contributed by atoms with Crippen LogP contribution >= 0.6 is 0 Å². The number of benzene rings is 2. The first-order valence-electron chi connectivity index (χ1n) is 7.02. The van der Waals surface area contributed by atoms with E-state index in [0.717, 1.165) is 0 Å². The van der Waals surface area contributed by atoms with Crippen molar-refractivity contribution in [2.45, 2.75) is 13.5 Å². The minimum absolute atomic E-state index is 0.0657. The number of carboxylic acids is 1. The first-order valence-corrected chi connectivity index (χ1v) is 7.02. The Morgan fingerprint density at radius 1 is 1.30 bits per heavy atom. The second-order valence-corrected chi connectivity index (χ2v) is 5.35. The van der Waals surface area contributed by atoms with Crippen LogP contribution in [0.3, 0.4) is 0 Å². The lowest BCUT2D eigenvalue weighted by Gasteiger charge is -2.10. The van der Waals surface area contributed by atoms with Crippen LogP contribution in [0.5, 0.6) is 0 Å². The summed E-state index contributed by atoms with van der Waals surface area (Å²) in [5.41, 5.74) is 2.11. The van der Waals surface area contributed by atoms with E-state index in [0.29, 0.717) is 27.6 Å². The van der Waals surface area contributed by atoms with Crippen LogP contribution in [-0.4, -0.2) is 15.6 Å². The van der Waals surface area contributed by atoms with Crippen LogP contribution in [-0.2, 0) is 6.54 Å². The van der Waals surface area contributed by atoms with Crippen molar-refractivity contribution in [2.75, 3.05) is 0 Å². The van der Waals surface area contributed by atoms with E-state index in [1.807, 2.05) is 6.07 Å². The van der Waals surface area contributed by atoms with Crippen LogP contribution in [0.25, 0.3) is 10.9 Å². The van der Waals surface area contributed by atoms with Gasteiger partial charge in [-0.15, -0.1) is 0 Å². The summed E-state index contributed by atoms with van der Waals surface area (Å²) in [6, 6.07) is 13.5. The van der Waals surface area contributed by atoms with Crippen LogP contribution in [0.15, 0.2) is 42.5 Å². The minimum atomic E-state index is -1.09. The third kappa shape index (κ3) is 2.55. The van der Waals surface area contributed by atoms with Crippen LogP contribution in [0.1, 0.15) is 27.2 Å². The molecular weight excluding hydrogens is 295 g/mol. The molecule has 0 unspecified atom stereocenters. The van der Waals surface area contributed by atoms with Crippen LogP contribution in [0, 0.1) is 24.1 Å². The summed E-state index contributed by atoms with van der Waals surface area (Å²) >= 11 is 0. The van der Waals surface area contributed by atoms with E-state index in [4.69, 9.17) is 5.26 Å². The number of carboxylic acid groups (broad SMARTS) is 1. The summed E-state index contributed by atoms with van der Waals surface area (Å²) in [7, 11) is 0. The maximum absolute atomic E-state index is 14.2. The molecule has 0 saturated heterocycles. The Bertz CT molecular complexity index is 967. The fourth-order valence-corrected chi connectivity index (χ4v) is 2.69. The number of carbonyl (C=O) groups is 1. The van der Waals surface area contributed by atoms with E-state index in [1.165, 1.54) is 6.07 Å². The first-order chi connectivity index (χ1) is 11.0. The van der Waals surface area contributed by atoms with Crippen LogP contribution in [0.4, 0.5) is 4.39 Å². The molecule has 0 aliphatic rings. The molecule has 0 fully saturated rings. The molecule has 1 N–H and O–H groups in total. The van der Waals surface area contributed by atoms with Crippen LogP contribution in [0.2, 0.25) is 0 Å². The zero-order valence-corrected chi connectivity index (χ0v) is 12.4. The molecular formula is C18H13FN2O2. The standard InChI is InChI=1S/C18H13FN2O2/c1-11-3-2-4-13(17(11)19)10-21-15-6-5-12(9-20)7-14(15)8-16(21)18(22)23/h2-8H,10H2,1H3,(H,22,23). The fraction of sp³-hybridized carbons (Fsp3) is 0.111. The van der Waals surface area contributed by atoms with E-state index >= 15 is 0 Å². The molecule has 0 spiro atoms. The van der Waals surface area contributed by atoms with Crippen molar-refractivity contribution in [3.63, 3.8) is 0 Å². The van der Waals surface area contributed by atoms with Crippen molar-refractivity contribution < 1.29 is 14.3 Å². The topological polar surface area (TPSA) is 66.0 Å². The SMILES string of the molecule is Cc1cccc(Cn2c(C(=O)O)cc3cc(C#N)ccc32)c1F. The molecule has 0 radical (unpaired) electrons. The Morgan fingerprint density at radius 3 is 2.78 bits per heavy atom. The number of nitrogens with zero attached hydrogens (tertiary/aromatic N) is 2. The quantitative estimate of drug-likeness (QED) is 0.802. The number of aryl methyl sites for hydroxylation is 1. The summed E-state index contributed by atoms with van der Waals surface area (Å²) in [4.78, 5) is 11.5. The summed E-state index contributed by atoms with van der Waals surface area (Å²) in [6.07, 6.45) is 0. The van der Waals surface area contributed by atoms with Gasteiger partial charge in [0.2, 0.25) is 0 Å². The lowest BCUT2D eigenvalue weighted by atomic mass is 10.1. The Balaban J connectivity index is 2.19. The number of rotatable bonds is 3. The Hall–Kier alpha value is -3.13. The molecule has 1 heterocycles. The van der Waals surface area contributed by atoms with Gasteiger partial charge in [-0.2, -0.15) is 5.26 Å². The highest BCUT2D eigenvalue weighted by molar-refractivity contribution is 5.95. The molecule has 114 valence electrons. The van der Waals surface area contributed by atoms with Gasteiger partial charge in [-0.1, -0.05) is 18.2 Å². The predicted molar refractivity (Wildman–Crippen MR) is 83.9 cm³/mol.